The maximum Gasteiger partial charge on any atom is 0.209 e. The molecule has 0 spiro atoms. The highest BCUT2D eigenvalue weighted by Crippen LogP contribution is 2.22. The van der Waals surface area contributed by atoms with Crippen LogP contribution in [-0.2, 0) is 13.6 Å². The minimum Gasteiger partial charge on any atom is -0.312 e. The molecule has 9 heteroatoms. The van der Waals surface area contributed by atoms with Crippen molar-refractivity contribution in [1.82, 2.24) is 25.5 Å². The van der Waals surface area contributed by atoms with Gasteiger partial charge in [0.25, 0.3) is 0 Å². The van der Waals surface area contributed by atoms with Crippen LogP contribution in [0.5, 0.6) is 0 Å². The first kappa shape index (κ1) is 17.5. The standard InChI is InChI=1S/C11H13Cl2N5S.ClH/c1-18-11(15-16-17-18)19-5-4-14-7-8-2-3-9(12)10(13)6-8;/h2-3,6,14H,4-5,7H2,1H3;1H. The summed E-state index contributed by atoms with van der Waals surface area (Å²) in [5, 5.41) is 16.6. The summed E-state index contributed by atoms with van der Waals surface area (Å²) in [5.41, 5.74) is 1.11. The molecule has 2 rings (SSSR count). The number of halogens is 3. The third-order valence-electron chi connectivity index (χ3n) is 2.40. The first-order valence-electron chi connectivity index (χ1n) is 5.66. The van der Waals surface area contributed by atoms with Gasteiger partial charge in [-0.05, 0) is 28.1 Å². The Balaban J connectivity index is 0.00000200. The van der Waals surface area contributed by atoms with Gasteiger partial charge < -0.3 is 5.32 Å². The molecule has 2 aromatic rings. The topological polar surface area (TPSA) is 55.6 Å². The van der Waals surface area contributed by atoms with Gasteiger partial charge in [0.05, 0.1) is 10.0 Å². The number of aryl methyl sites for hydroxylation is 1. The van der Waals surface area contributed by atoms with Crippen molar-refractivity contribution in [2.24, 2.45) is 7.05 Å². The van der Waals surface area contributed by atoms with Crippen molar-refractivity contribution in [3.05, 3.63) is 33.8 Å². The molecule has 1 aromatic carbocycles. The van der Waals surface area contributed by atoms with E-state index in [-0.39, 0.29) is 12.4 Å². The number of tetrazole rings is 1. The van der Waals surface area contributed by atoms with Crippen molar-refractivity contribution in [2.45, 2.75) is 11.7 Å². The van der Waals surface area contributed by atoms with Gasteiger partial charge in [-0.3, -0.25) is 0 Å². The molecular formula is C11H14Cl3N5S. The van der Waals surface area contributed by atoms with Gasteiger partial charge in [-0.15, -0.1) is 17.5 Å². The Labute approximate surface area is 137 Å². The molecule has 0 saturated heterocycles. The van der Waals surface area contributed by atoms with E-state index in [1.54, 1.807) is 22.5 Å². The fourth-order valence-corrected chi connectivity index (χ4v) is 2.51. The first-order valence-corrected chi connectivity index (χ1v) is 7.41. The van der Waals surface area contributed by atoms with Gasteiger partial charge in [0.2, 0.25) is 5.16 Å². The summed E-state index contributed by atoms with van der Waals surface area (Å²) < 4.78 is 1.66. The van der Waals surface area contributed by atoms with Crippen molar-refractivity contribution < 1.29 is 0 Å². The van der Waals surface area contributed by atoms with Crippen LogP contribution in [0.2, 0.25) is 10.0 Å². The van der Waals surface area contributed by atoms with Gasteiger partial charge in [0.1, 0.15) is 0 Å². The molecule has 5 nitrogen and oxygen atoms in total. The van der Waals surface area contributed by atoms with E-state index in [1.807, 2.05) is 19.2 Å². The molecular weight excluding hydrogens is 341 g/mol. The van der Waals surface area contributed by atoms with E-state index < -0.39 is 0 Å². The van der Waals surface area contributed by atoms with Crippen molar-refractivity contribution >= 4 is 47.4 Å². The monoisotopic (exact) mass is 353 g/mol. The van der Waals surface area contributed by atoms with Gasteiger partial charge >= 0.3 is 0 Å². The number of rotatable bonds is 6. The van der Waals surface area contributed by atoms with Crippen molar-refractivity contribution in [2.75, 3.05) is 12.3 Å². The Morgan fingerprint density at radius 2 is 2.10 bits per heavy atom. The summed E-state index contributed by atoms with van der Waals surface area (Å²) in [6.07, 6.45) is 0. The normalized spacial score (nSPS) is 10.3. The Morgan fingerprint density at radius 3 is 2.75 bits per heavy atom. The van der Waals surface area contributed by atoms with Crippen LogP contribution in [0.15, 0.2) is 23.4 Å². The van der Waals surface area contributed by atoms with E-state index >= 15 is 0 Å². The number of thioether (sulfide) groups is 1. The molecule has 0 unspecified atom stereocenters. The zero-order valence-electron chi connectivity index (χ0n) is 10.7. The summed E-state index contributed by atoms with van der Waals surface area (Å²) >= 11 is 13.4. The predicted octanol–water partition coefficient (Wildman–Crippen LogP) is 2.82. The number of benzene rings is 1. The van der Waals surface area contributed by atoms with Crippen LogP contribution in [0.4, 0.5) is 0 Å². The molecule has 0 bridgehead atoms. The highest BCUT2D eigenvalue weighted by atomic mass is 35.5. The minimum absolute atomic E-state index is 0. The molecule has 0 aliphatic heterocycles. The fraction of sp³-hybridized carbons (Fsp3) is 0.364. The molecule has 0 radical (unpaired) electrons. The zero-order valence-corrected chi connectivity index (χ0v) is 13.9. The molecule has 1 heterocycles. The van der Waals surface area contributed by atoms with Crippen LogP contribution >= 0.6 is 47.4 Å². The molecule has 0 aliphatic rings. The smallest absolute Gasteiger partial charge is 0.209 e. The maximum atomic E-state index is 5.95. The molecule has 0 amide bonds. The average molecular weight is 355 g/mol. The molecule has 20 heavy (non-hydrogen) atoms. The van der Waals surface area contributed by atoms with Crippen LogP contribution in [0.1, 0.15) is 5.56 Å². The second-order valence-corrected chi connectivity index (χ2v) is 5.74. The minimum atomic E-state index is 0. The quantitative estimate of drug-likeness (QED) is 0.638. The van der Waals surface area contributed by atoms with E-state index in [2.05, 4.69) is 20.8 Å². The Hall–Kier alpha value is -0.530. The average Bonchev–Trinajstić information content (AvgIpc) is 2.79. The highest BCUT2D eigenvalue weighted by Gasteiger charge is 2.02. The largest absolute Gasteiger partial charge is 0.312 e. The molecule has 0 saturated carbocycles. The lowest BCUT2D eigenvalue weighted by Crippen LogP contribution is -2.16. The van der Waals surface area contributed by atoms with E-state index in [0.29, 0.717) is 10.0 Å². The SMILES string of the molecule is Cl.Cn1nnnc1SCCNCc1ccc(Cl)c(Cl)c1. The van der Waals surface area contributed by atoms with Gasteiger partial charge in [0.15, 0.2) is 0 Å². The van der Waals surface area contributed by atoms with E-state index in [1.165, 1.54) is 0 Å². The fourth-order valence-electron chi connectivity index (χ4n) is 1.44. The van der Waals surface area contributed by atoms with E-state index in [0.717, 1.165) is 29.6 Å². The summed E-state index contributed by atoms with van der Waals surface area (Å²) in [6, 6.07) is 5.64. The second kappa shape index (κ2) is 8.69. The molecule has 1 N–H and O–H groups in total. The Bertz CT molecular complexity index is 549. The number of aromatic nitrogens is 4. The third-order valence-corrected chi connectivity index (χ3v) is 4.16. The summed E-state index contributed by atoms with van der Waals surface area (Å²) in [4.78, 5) is 0. The van der Waals surface area contributed by atoms with Gasteiger partial charge in [-0.25, -0.2) is 4.68 Å². The number of hydrogen-bond acceptors (Lipinski definition) is 5. The second-order valence-electron chi connectivity index (χ2n) is 3.86. The van der Waals surface area contributed by atoms with E-state index in [9.17, 15) is 0 Å². The lowest BCUT2D eigenvalue weighted by molar-refractivity contribution is 0.663. The first-order chi connectivity index (χ1) is 9.16. The number of hydrogen-bond donors (Lipinski definition) is 1. The van der Waals surface area contributed by atoms with Crippen molar-refractivity contribution in [3.63, 3.8) is 0 Å². The van der Waals surface area contributed by atoms with Crippen LogP contribution in [0.3, 0.4) is 0 Å². The molecule has 110 valence electrons. The lowest BCUT2D eigenvalue weighted by atomic mass is 10.2. The van der Waals surface area contributed by atoms with Crippen LogP contribution in [-0.4, -0.2) is 32.5 Å². The van der Waals surface area contributed by atoms with Crippen LogP contribution in [0.25, 0.3) is 0 Å². The molecule has 0 fully saturated rings. The highest BCUT2D eigenvalue weighted by molar-refractivity contribution is 7.99. The molecule has 1 aromatic heterocycles. The summed E-state index contributed by atoms with van der Waals surface area (Å²) in [6.45, 7) is 1.62. The summed E-state index contributed by atoms with van der Waals surface area (Å²) in [7, 11) is 1.82. The van der Waals surface area contributed by atoms with E-state index in [4.69, 9.17) is 23.2 Å². The Kier molecular flexibility index (Phi) is 7.61. The number of nitrogens with zero attached hydrogens (tertiary/aromatic N) is 4. The molecule has 0 atom stereocenters. The van der Waals surface area contributed by atoms with Gasteiger partial charge in [-0.1, -0.05) is 41.0 Å². The molecule has 0 aliphatic carbocycles. The third kappa shape index (κ3) is 5.10. The van der Waals surface area contributed by atoms with Gasteiger partial charge in [0, 0.05) is 25.9 Å². The number of nitrogens with one attached hydrogen (secondary N) is 1. The van der Waals surface area contributed by atoms with Crippen LogP contribution < -0.4 is 5.32 Å². The predicted molar refractivity (Wildman–Crippen MR) is 84.9 cm³/mol. The van der Waals surface area contributed by atoms with Gasteiger partial charge in [-0.2, -0.15) is 0 Å². The maximum absolute atomic E-state index is 5.95. The Morgan fingerprint density at radius 1 is 1.30 bits per heavy atom. The van der Waals surface area contributed by atoms with Crippen molar-refractivity contribution in [3.8, 4) is 0 Å². The lowest BCUT2D eigenvalue weighted by Gasteiger charge is -2.05. The van der Waals surface area contributed by atoms with Crippen molar-refractivity contribution in [1.29, 1.82) is 0 Å². The zero-order chi connectivity index (χ0) is 13.7. The summed E-state index contributed by atoms with van der Waals surface area (Å²) in [5.74, 6) is 0.898. The van der Waals surface area contributed by atoms with Crippen LogP contribution in [0, 0.1) is 0 Å².